The zero-order valence-corrected chi connectivity index (χ0v) is 18.0. The molecule has 0 bridgehead atoms. The van der Waals surface area contributed by atoms with Crippen LogP contribution in [0.4, 0.5) is 0 Å². The van der Waals surface area contributed by atoms with Gasteiger partial charge in [0.2, 0.25) is 0 Å². The first kappa shape index (κ1) is 20.2. The second-order valence-electron chi connectivity index (χ2n) is 6.59. The Morgan fingerprint density at radius 3 is 2.47 bits per heavy atom. The van der Waals surface area contributed by atoms with E-state index < -0.39 is 17.7 Å². The van der Waals surface area contributed by atoms with Gasteiger partial charge in [0.05, 0.1) is 31.9 Å². The Morgan fingerprint density at radius 2 is 1.83 bits per heavy atom. The molecule has 0 saturated carbocycles. The first-order valence-electron chi connectivity index (χ1n) is 9.11. The molecule has 1 fully saturated rings. The normalized spacial score (nSPS) is 18.1. The summed E-state index contributed by atoms with van der Waals surface area (Å²) in [5.74, 6) is -0.700. The summed E-state index contributed by atoms with van der Waals surface area (Å²) in [6, 6.07) is 11.8. The van der Waals surface area contributed by atoms with Gasteiger partial charge in [0, 0.05) is 15.8 Å². The van der Waals surface area contributed by atoms with Gasteiger partial charge in [0.25, 0.3) is 11.7 Å². The third-order valence-electron chi connectivity index (χ3n) is 4.92. The molecule has 154 valence electrons. The molecule has 3 heterocycles. The van der Waals surface area contributed by atoms with Crippen molar-refractivity contribution < 1.29 is 24.2 Å². The molecule has 1 amide bonds. The number of rotatable bonds is 6. The quantitative estimate of drug-likeness (QED) is 0.348. The van der Waals surface area contributed by atoms with Crippen molar-refractivity contribution in [2.45, 2.75) is 12.6 Å². The molecule has 0 radical (unpaired) electrons. The van der Waals surface area contributed by atoms with Gasteiger partial charge in [0.1, 0.15) is 23.3 Å². The van der Waals surface area contributed by atoms with Gasteiger partial charge >= 0.3 is 0 Å². The molecule has 0 spiro atoms. The van der Waals surface area contributed by atoms with Crippen LogP contribution in [0.2, 0.25) is 0 Å². The van der Waals surface area contributed by atoms with E-state index in [4.69, 9.17) is 9.47 Å². The fraction of sp³-hybridized carbons (Fsp3) is 0.182. The summed E-state index contributed by atoms with van der Waals surface area (Å²) < 4.78 is 10.6. The third kappa shape index (κ3) is 3.48. The fourth-order valence-corrected chi connectivity index (χ4v) is 5.04. The number of ketones is 1. The number of carbonyl (C=O) groups excluding carboxylic acids is 2. The zero-order chi connectivity index (χ0) is 21.3. The molecule has 1 atom stereocenters. The molecule has 2 aromatic heterocycles. The number of hydrogen-bond acceptors (Lipinski definition) is 7. The predicted octanol–water partition coefficient (Wildman–Crippen LogP) is 4.45. The van der Waals surface area contributed by atoms with E-state index in [1.165, 1.54) is 41.8 Å². The number of likely N-dealkylation sites (tertiary alicyclic amines) is 1. The number of amides is 1. The maximum absolute atomic E-state index is 13.0. The summed E-state index contributed by atoms with van der Waals surface area (Å²) in [5.41, 5.74) is 0.386. The fourth-order valence-electron chi connectivity index (χ4n) is 3.50. The van der Waals surface area contributed by atoms with Crippen LogP contribution in [0.3, 0.4) is 0 Å². The average Bonchev–Trinajstić information content (AvgIpc) is 3.52. The number of aliphatic hydroxyl groups is 1. The lowest BCUT2D eigenvalue weighted by molar-refractivity contribution is -0.140. The Balaban J connectivity index is 1.86. The molecule has 3 aromatic rings. The summed E-state index contributed by atoms with van der Waals surface area (Å²) in [5, 5.41) is 15.0. The van der Waals surface area contributed by atoms with Crippen molar-refractivity contribution >= 4 is 40.1 Å². The minimum Gasteiger partial charge on any atom is -0.507 e. The molecule has 1 aliphatic heterocycles. The van der Waals surface area contributed by atoms with E-state index >= 15 is 0 Å². The van der Waals surface area contributed by atoms with Gasteiger partial charge in [-0.15, -0.1) is 22.7 Å². The van der Waals surface area contributed by atoms with Crippen molar-refractivity contribution in [1.82, 2.24) is 4.90 Å². The van der Waals surface area contributed by atoms with Crippen LogP contribution in [0.15, 0.2) is 58.8 Å². The van der Waals surface area contributed by atoms with E-state index in [-0.39, 0.29) is 11.3 Å². The van der Waals surface area contributed by atoms with E-state index in [1.54, 1.807) is 18.2 Å². The molecule has 30 heavy (non-hydrogen) atoms. The Morgan fingerprint density at radius 1 is 1.07 bits per heavy atom. The van der Waals surface area contributed by atoms with Crippen LogP contribution in [0.25, 0.3) is 5.76 Å². The predicted molar refractivity (Wildman–Crippen MR) is 116 cm³/mol. The van der Waals surface area contributed by atoms with E-state index in [2.05, 4.69) is 0 Å². The highest BCUT2D eigenvalue weighted by Gasteiger charge is 2.46. The lowest BCUT2D eigenvalue weighted by Gasteiger charge is -2.23. The Bertz CT molecular complexity index is 1100. The number of aliphatic hydroxyl groups excluding tert-OH is 1. The highest BCUT2D eigenvalue weighted by atomic mass is 32.1. The SMILES string of the molecule is COc1ccc(/C(O)=C2/C(=O)C(=O)N(Cc3cccs3)C2c2cccs2)c(OC)c1. The Hall–Kier alpha value is -3.10. The minimum absolute atomic E-state index is 0.0578. The number of thiophene rings is 2. The molecule has 8 heteroatoms. The third-order valence-corrected chi connectivity index (χ3v) is 6.71. The maximum atomic E-state index is 13.0. The minimum atomic E-state index is -0.708. The van der Waals surface area contributed by atoms with Gasteiger partial charge in [-0.1, -0.05) is 12.1 Å². The van der Waals surface area contributed by atoms with Crippen LogP contribution in [-0.4, -0.2) is 35.9 Å². The van der Waals surface area contributed by atoms with E-state index in [1.807, 2.05) is 35.0 Å². The van der Waals surface area contributed by atoms with Crippen molar-refractivity contribution in [2.75, 3.05) is 14.2 Å². The van der Waals surface area contributed by atoms with Crippen LogP contribution < -0.4 is 9.47 Å². The highest BCUT2D eigenvalue weighted by molar-refractivity contribution is 7.10. The second kappa shape index (κ2) is 8.33. The van der Waals surface area contributed by atoms with Gasteiger partial charge in [0.15, 0.2) is 0 Å². The van der Waals surface area contributed by atoms with Gasteiger partial charge in [-0.25, -0.2) is 0 Å². The molecule has 1 N–H and O–H groups in total. The Labute approximate surface area is 181 Å². The Kier molecular flexibility index (Phi) is 5.61. The lowest BCUT2D eigenvalue weighted by Crippen LogP contribution is -2.28. The lowest BCUT2D eigenvalue weighted by atomic mass is 9.99. The molecule has 0 aliphatic carbocycles. The molecule has 1 saturated heterocycles. The zero-order valence-electron chi connectivity index (χ0n) is 16.3. The van der Waals surface area contributed by atoms with Crippen molar-refractivity contribution in [3.8, 4) is 11.5 Å². The molecule has 1 aromatic carbocycles. The largest absolute Gasteiger partial charge is 0.507 e. The van der Waals surface area contributed by atoms with E-state index in [0.29, 0.717) is 23.6 Å². The second-order valence-corrected chi connectivity index (χ2v) is 8.60. The topological polar surface area (TPSA) is 76.1 Å². The van der Waals surface area contributed by atoms with Gasteiger partial charge in [-0.05, 0) is 35.0 Å². The summed E-state index contributed by atoms with van der Waals surface area (Å²) in [6.45, 7) is 0.293. The number of methoxy groups -OCH3 is 2. The van der Waals surface area contributed by atoms with Crippen molar-refractivity contribution in [1.29, 1.82) is 0 Å². The molecule has 1 unspecified atom stereocenters. The van der Waals surface area contributed by atoms with Crippen molar-refractivity contribution in [3.05, 3.63) is 74.1 Å². The number of carbonyl (C=O) groups is 2. The average molecular weight is 442 g/mol. The number of hydrogen-bond donors (Lipinski definition) is 1. The number of Topliss-reactive ketones (excluding diaryl/α,β-unsaturated/α-hetero) is 1. The number of benzene rings is 1. The molecule has 4 rings (SSSR count). The molecule has 1 aliphatic rings. The summed E-state index contributed by atoms with van der Waals surface area (Å²) in [4.78, 5) is 29.2. The first-order chi connectivity index (χ1) is 14.5. The van der Waals surface area contributed by atoms with Crippen LogP contribution in [-0.2, 0) is 16.1 Å². The monoisotopic (exact) mass is 441 g/mol. The summed E-state index contributed by atoms with van der Waals surface area (Å²) in [7, 11) is 3.00. The standard InChI is InChI=1S/C22H19NO5S2/c1-27-13-7-8-15(16(11-13)28-2)20(24)18-19(17-6-4-10-30-17)23(22(26)21(18)25)12-14-5-3-9-29-14/h3-11,19,24H,12H2,1-2H3/b20-18-. The highest BCUT2D eigenvalue weighted by Crippen LogP contribution is 2.43. The van der Waals surface area contributed by atoms with Gasteiger partial charge in [-0.2, -0.15) is 0 Å². The van der Waals surface area contributed by atoms with Gasteiger partial charge < -0.3 is 19.5 Å². The van der Waals surface area contributed by atoms with E-state index in [9.17, 15) is 14.7 Å². The van der Waals surface area contributed by atoms with Crippen LogP contribution in [0, 0.1) is 0 Å². The molecule has 6 nitrogen and oxygen atoms in total. The van der Waals surface area contributed by atoms with Gasteiger partial charge in [-0.3, -0.25) is 9.59 Å². The van der Waals surface area contributed by atoms with Crippen LogP contribution in [0.1, 0.15) is 21.4 Å². The molecular weight excluding hydrogens is 422 g/mol. The van der Waals surface area contributed by atoms with E-state index in [0.717, 1.165) is 9.75 Å². The number of ether oxygens (including phenoxy) is 2. The summed E-state index contributed by atoms with van der Waals surface area (Å²) >= 11 is 2.95. The number of nitrogens with zero attached hydrogens (tertiary/aromatic N) is 1. The van der Waals surface area contributed by atoms with Crippen molar-refractivity contribution in [3.63, 3.8) is 0 Å². The maximum Gasteiger partial charge on any atom is 0.296 e. The molecular formula is C22H19NO5S2. The van der Waals surface area contributed by atoms with Crippen LogP contribution in [0.5, 0.6) is 11.5 Å². The van der Waals surface area contributed by atoms with Crippen molar-refractivity contribution in [2.24, 2.45) is 0 Å². The van der Waals surface area contributed by atoms with Crippen LogP contribution >= 0.6 is 22.7 Å². The first-order valence-corrected chi connectivity index (χ1v) is 10.9. The smallest absolute Gasteiger partial charge is 0.296 e. The summed E-state index contributed by atoms with van der Waals surface area (Å²) in [6.07, 6.45) is 0.